The topological polar surface area (TPSA) is 61.3 Å². The molecule has 0 saturated carbocycles. The molecule has 0 spiro atoms. The van der Waals surface area contributed by atoms with Crippen molar-refractivity contribution in [1.82, 2.24) is 9.97 Å². The highest BCUT2D eigenvalue weighted by atomic mass is 16.5. The molecule has 1 heterocycles. The predicted octanol–water partition coefficient (Wildman–Crippen LogP) is 1.41. The van der Waals surface area contributed by atoms with Gasteiger partial charge in [0.05, 0.1) is 14.2 Å². The van der Waals surface area contributed by atoms with Crippen molar-refractivity contribution in [1.29, 1.82) is 0 Å². The Morgan fingerprint density at radius 2 is 2.12 bits per heavy atom. The molecule has 0 atom stereocenters. The number of hydrogen-bond acceptors (Lipinski definition) is 5. The van der Waals surface area contributed by atoms with E-state index in [1.807, 2.05) is 6.92 Å². The summed E-state index contributed by atoms with van der Waals surface area (Å²) in [6.07, 6.45) is 3.27. The molecule has 0 aliphatic carbocycles. The molecule has 1 rings (SSSR count). The van der Waals surface area contributed by atoms with Gasteiger partial charge < -0.3 is 9.47 Å². The number of hydrogen-bond donors (Lipinski definition) is 0. The van der Waals surface area contributed by atoms with E-state index in [-0.39, 0.29) is 11.8 Å². The largest absolute Gasteiger partial charge is 0.481 e. The van der Waals surface area contributed by atoms with Gasteiger partial charge in [-0.1, -0.05) is 6.92 Å². The van der Waals surface area contributed by atoms with Crippen LogP contribution in [0.4, 0.5) is 0 Å². The Labute approximate surface area is 94.8 Å². The van der Waals surface area contributed by atoms with Gasteiger partial charge in [-0.25, -0.2) is 4.98 Å². The minimum Gasteiger partial charge on any atom is -0.481 e. The third-order valence-electron chi connectivity index (χ3n) is 2.25. The van der Waals surface area contributed by atoms with Crippen molar-refractivity contribution in [3.05, 3.63) is 11.8 Å². The van der Waals surface area contributed by atoms with Crippen LogP contribution in [0.15, 0.2) is 6.20 Å². The molecular formula is C11H16N2O3. The van der Waals surface area contributed by atoms with E-state index in [4.69, 9.17) is 9.47 Å². The molecule has 1 aromatic rings. The van der Waals surface area contributed by atoms with E-state index in [1.165, 1.54) is 14.2 Å². The minimum absolute atomic E-state index is 0.220. The first-order valence-corrected chi connectivity index (χ1v) is 5.16. The van der Waals surface area contributed by atoms with E-state index >= 15 is 0 Å². The summed E-state index contributed by atoms with van der Waals surface area (Å²) in [6, 6.07) is 0.266. The highest BCUT2D eigenvalue weighted by Gasteiger charge is 2.09. The van der Waals surface area contributed by atoms with Crippen LogP contribution in [0, 0.1) is 0 Å². The van der Waals surface area contributed by atoms with Gasteiger partial charge in [-0.3, -0.25) is 4.79 Å². The summed E-state index contributed by atoms with van der Waals surface area (Å²) in [5.41, 5.74) is 0.824. The average Bonchev–Trinajstić information content (AvgIpc) is 2.35. The first kappa shape index (κ1) is 12.4. The van der Waals surface area contributed by atoms with Crippen LogP contribution in [0.3, 0.4) is 0 Å². The lowest BCUT2D eigenvalue weighted by molar-refractivity contribution is -0.118. The molecule has 0 amide bonds. The fraction of sp³-hybridized carbons (Fsp3) is 0.545. The van der Waals surface area contributed by atoms with Gasteiger partial charge in [-0.05, 0) is 6.42 Å². The van der Waals surface area contributed by atoms with Crippen LogP contribution >= 0.6 is 0 Å². The molecule has 0 N–H and O–H groups in total. The predicted molar refractivity (Wildman–Crippen MR) is 58.8 cm³/mol. The number of Topliss-reactive ketones (excluding diaryl/α,β-unsaturated/α-hetero) is 1. The second-order valence-corrected chi connectivity index (χ2v) is 3.28. The molecule has 0 bridgehead atoms. The molecule has 0 aliphatic heterocycles. The van der Waals surface area contributed by atoms with Crippen LogP contribution in [0.5, 0.6) is 11.9 Å². The molecule has 88 valence electrons. The second kappa shape index (κ2) is 6.05. The summed E-state index contributed by atoms with van der Waals surface area (Å²) < 4.78 is 10.0. The molecule has 0 unspecified atom stereocenters. The van der Waals surface area contributed by atoms with E-state index in [1.54, 1.807) is 6.20 Å². The summed E-state index contributed by atoms with van der Waals surface area (Å²) in [4.78, 5) is 19.2. The number of carbonyl (C=O) groups excluding carboxylic acids is 1. The molecular weight excluding hydrogens is 208 g/mol. The van der Waals surface area contributed by atoms with Crippen molar-refractivity contribution in [2.24, 2.45) is 0 Å². The number of methoxy groups -OCH3 is 2. The van der Waals surface area contributed by atoms with Crippen molar-refractivity contribution in [3.63, 3.8) is 0 Å². The molecule has 1 aromatic heterocycles. The summed E-state index contributed by atoms with van der Waals surface area (Å²) in [6.45, 7) is 1.85. The van der Waals surface area contributed by atoms with Crippen molar-refractivity contribution in [3.8, 4) is 11.9 Å². The molecule has 5 heteroatoms. The lowest BCUT2D eigenvalue weighted by atomic mass is 10.1. The molecule has 0 saturated heterocycles. The number of ether oxygens (including phenoxy) is 2. The summed E-state index contributed by atoms with van der Waals surface area (Å²) >= 11 is 0. The number of aromatic nitrogens is 2. The molecule has 16 heavy (non-hydrogen) atoms. The van der Waals surface area contributed by atoms with Crippen molar-refractivity contribution < 1.29 is 14.3 Å². The van der Waals surface area contributed by atoms with Crippen LogP contribution in [0.25, 0.3) is 0 Å². The number of rotatable bonds is 6. The van der Waals surface area contributed by atoms with Crippen molar-refractivity contribution in [2.75, 3.05) is 14.2 Å². The Kier molecular flexibility index (Phi) is 4.69. The standard InChI is InChI=1S/C11H16N2O3/c1-4-9(14)6-5-8-7-12-11(16-3)13-10(8)15-2/h7H,4-6H2,1-3H3. The SMILES string of the molecule is CCC(=O)CCc1cnc(OC)nc1OC. The van der Waals surface area contributed by atoms with Crippen LogP contribution in [-0.2, 0) is 11.2 Å². The zero-order valence-electron chi connectivity index (χ0n) is 9.82. The maximum absolute atomic E-state index is 11.2. The van der Waals surface area contributed by atoms with Crippen LogP contribution in [-0.4, -0.2) is 30.0 Å². The number of aryl methyl sites for hydroxylation is 1. The highest BCUT2D eigenvalue weighted by Crippen LogP contribution is 2.18. The first-order valence-electron chi connectivity index (χ1n) is 5.16. The maximum Gasteiger partial charge on any atom is 0.319 e. The first-order chi connectivity index (χ1) is 7.71. The normalized spacial score (nSPS) is 9.94. The second-order valence-electron chi connectivity index (χ2n) is 3.28. The molecule has 0 aromatic carbocycles. The van der Waals surface area contributed by atoms with Gasteiger partial charge in [0.1, 0.15) is 5.78 Å². The quantitative estimate of drug-likeness (QED) is 0.731. The minimum atomic E-state index is 0.220. The Morgan fingerprint density at radius 3 is 2.69 bits per heavy atom. The van der Waals surface area contributed by atoms with Gasteiger partial charge in [0.15, 0.2) is 0 Å². The van der Waals surface area contributed by atoms with E-state index in [0.29, 0.717) is 25.1 Å². The lowest BCUT2D eigenvalue weighted by Crippen LogP contribution is -2.03. The van der Waals surface area contributed by atoms with E-state index < -0.39 is 0 Å². The van der Waals surface area contributed by atoms with Crippen LogP contribution in [0.1, 0.15) is 25.3 Å². The summed E-state index contributed by atoms with van der Waals surface area (Å²) in [5.74, 6) is 0.689. The molecule has 0 aliphatic rings. The van der Waals surface area contributed by atoms with Gasteiger partial charge >= 0.3 is 6.01 Å². The van der Waals surface area contributed by atoms with Gasteiger partial charge in [0, 0.05) is 24.6 Å². The molecule has 0 radical (unpaired) electrons. The molecule has 0 fully saturated rings. The van der Waals surface area contributed by atoms with E-state index in [2.05, 4.69) is 9.97 Å². The van der Waals surface area contributed by atoms with Crippen LogP contribution in [0.2, 0.25) is 0 Å². The summed E-state index contributed by atoms with van der Waals surface area (Å²) in [7, 11) is 3.03. The smallest absolute Gasteiger partial charge is 0.319 e. The summed E-state index contributed by atoms with van der Waals surface area (Å²) in [5, 5.41) is 0. The van der Waals surface area contributed by atoms with E-state index in [0.717, 1.165) is 5.56 Å². The molecule has 5 nitrogen and oxygen atoms in total. The number of carbonyl (C=O) groups is 1. The fourth-order valence-corrected chi connectivity index (χ4v) is 1.27. The Bertz CT molecular complexity index is 366. The van der Waals surface area contributed by atoms with Crippen molar-refractivity contribution in [2.45, 2.75) is 26.2 Å². The highest BCUT2D eigenvalue weighted by molar-refractivity contribution is 5.78. The Morgan fingerprint density at radius 1 is 1.38 bits per heavy atom. The Hall–Kier alpha value is -1.65. The zero-order valence-corrected chi connectivity index (χ0v) is 9.82. The number of nitrogens with zero attached hydrogens (tertiary/aromatic N) is 2. The van der Waals surface area contributed by atoms with E-state index in [9.17, 15) is 4.79 Å². The monoisotopic (exact) mass is 224 g/mol. The lowest BCUT2D eigenvalue weighted by Gasteiger charge is -2.07. The Balaban J connectivity index is 2.75. The number of ketones is 1. The third-order valence-corrected chi connectivity index (χ3v) is 2.25. The van der Waals surface area contributed by atoms with Gasteiger partial charge in [-0.15, -0.1) is 0 Å². The van der Waals surface area contributed by atoms with Gasteiger partial charge in [0.25, 0.3) is 0 Å². The average molecular weight is 224 g/mol. The zero-order chi connectivity index (χ0) is 12.0. The van der Waals surface area contributed by atoms with Crippen LogP contribution < -0.4 is 9.47 Å². The van der Waals surface area contributed by atoms with Crippen molar-refractivity contribution >= 4 is 5.78 Å². The third kappa shape index (κ3) is 3.18. The maximum atomic E-state index is 11.2. The van der Waals surface area contributed by atoms with Gasteiger partial charge in [0.2, 0.25) is 5.88 Å². The van der Waals surface area contributed by atoms with Gasteiger partial charge in [-0.2, -0.15) is 4.98 Å². The fourth-order valence-electron chi connectivity index (χ4n) is 1.27.